The fraction of sp³-hybridized carbons (Fsp3) is 0.211. The minimum Gasteiger partial charge on any atom is -0.497 e. The summed E-state index contributed by atoms with van der Waals surface area (Å²) in [6, 6.07) is 16.0. The van der Waals surface area contributed by atoms with Crippen molar-refractivity contribution in [2.75, 3.05) is 7.11 Å². The van der Waals surface area contributed by atoms with Crippen LogP contribution >= 0.6 is 0 Å². The number of Topliss-reactive ketones (excluding diaryl/α,β-unsaturated/α-hetero) is 1. The summed E-state index contributed by atoms with van der Waals surface area (Å²) in [5.41, 5.74) is 2.04. The summed E-state index contributed by atoms with van der Waals surface area (Å²) in [6.45, 7) is 0. The number of nitrogens with zero attached hydrogens (tertiary/aromatic N) is 1. The van der Waals surface area contributed by atoms with Crippen LogP contribution in [0.5, 0.6) is 5.75 Å². The van der Waals surface area contributed by atoms with Crippen molar-refractivity contribution in [3.05, 3.63) is 65.2 Å². The highest BCUT2D eigenvalue weighted by atomic mass is 16.5. The molecule has 0 N–H and O–H groups in total. The lowest BCUT2D eigenvalue weighted by Gasteiger charge is -2.14. The molecule has 0 unspecified atom stereocenters. The van der Waals surface area contributed by atoms with Gasteiger partial charge >= 0.3 is 0 Å². The zero-order valence-electron chi connectivity index (χ0n) is 12.9. The van der Waals surface area contributed by atoms with Gasteiger partial charge in [0.2, 0.25) is 0 Å². The van der Waals surface area contributed by atoms with Gasteiger partial charge in [0.05, 0.1) is 18.7 Å². The highest BCUT2D eigenvalue weighted by Crippen LogP contribution is 2.25. The fourth-order valence-electron chi connectivity index (χ4n) is 2.40. The molecule has 0 amide bonds. The van der Waals surface area contributed by atoms with Crippen LogP contribution in [0.25, 0.3) is 0 Å². The SMILES string of the molecule is COc1ccc(C(=O)C[C@@H](CC=O)c2ccc(C#N)cc2)cc1. The van der Waals surface area contributed by atoms with E-state index in [2.05, 4.69) is 6.07 Å². The van der Waals surface area contributed by atoms with Crippen LogP contribution in [0.2, 0.25) is 0 Å². The van der Waals surface area contributed by atoms with Crippen molar-refractivity contribution < 1.29 is 14.3 Å². The molecular formula is C19H17NO3. The third-order valence-electron chi connectivity index (χ3n) is 3.74. The van der Waals surface area contributed by atoms with Crippen molar-refractivity contribution in [2.24, 2.45) is 0 Å². The third kappa shape index (κ3) is 4.27. The molecule has 0 fully saturated rings. The summed E-state index contributed by atoms with van der Waals surface area (Å²) >= 11 is 0. The van der Waals surface area contributed by atoms with Crippen LogP contribution in [0.4, 0.5) is 0 Å². The molecule has 0 saturated carbocycles. The Kier molecular flexibility index (Phi) is 5.65. The van der Waals surface area contributed by atoms with Gasteiger partial charge in [0.1, 0.15) is 12.0 Å². The van der Waals surface area contributed by atoms with E-state index in [4.69, 9.17) is 10.00 Å². The van der Waals surface area contributed by atoms with E-state index >= 15 is 0 Å². The first-order chi connectivity index (χ1) is 11.2. The number of carbonyl (C=O) groups excluding carboxylic acids is 2. The number of nitriles is 1. The minimum absolute atomic E-state index is 0.0242. The maximum Gasteiger partial charge on any atom is 0.163 e. The molecule has 0 bridgehead atoms. The van der Waals surface area contributed by atoms with Gasteiger partial charge in [-0.25, -0.2) is 0 Å². The Labute approximate surface area is 135 Å². The summed E-state index contributed by atoms with van der Waals surface area (Å²) in [5, 5.41) is 8.84. The van der Waals surface area contributed by atoms with Crippen LogP contribution < -0.4 is 4.74 Å². The largest absolute Gasteiger partial charge is 0.497 e. The number of carbonyl (C=O) groups is 2. The molecule has 0 aromatic heterocycles. The molecule has 2 aromatic rings. The van der Waals surface area contributed by atoms with Gasteiger partial charge in [0.25, 0.3) is 0 Å². The first-order valence-corrected chi connectivity index (χ1v) is 7.29. The van der Waals surface area contributed by atoms with E-state index in [0.29, 0.717) is 16.9 Å². The van der Waals surface area contributed by atoms with E-state index in [-0.39, 0.29) is 24.5 Å². The number of hydrogen-bond acceptors (Lipinski definition) is 4. The van der Waals surface area contributed by atoms with E-state index in [1.54, 1.807) is 55.6 Å². The van der Waals surface area contributed by atoms with Crippen molar-refractivity contribution in [3.63, 3.8) is 0 Å². The van der Waals surface area contributed by atoms with Crippen LogP contribution in [0.15, 0.2) is 48.5 Å². The Morgan fingerprint density at radius 1 is 1.17 bits per heavy atom. The predicted molar refractivity (Wildman–Crippen MR) is 86.5 cm³/mol. The third-order valence-corrected chi connectivity index (χ3v) is 3.74. The summed E-state index contributed by atoms with van der Waals surface area (Å²) in [6.07, 6.45) is 1.34. The summed E-state index contributed by atoms with van der Waals surface area (Å²) in [4.78, 5) is 23.3. The Bertz CT molecular complexity index is 712. The molecule has 0 aliphatic heterocycles. The summed E-state index contributed by atoms with van der Waals surface area (Å²) < 4.78 is 5.08. The molecule has 0 spiro atoms. The molecule has 4 heteroatoms. The molecule has 0 radical (unpaired) electrons. The second-order valence-corrected chi connectivity index (χ2v) is 5.19. The van der Waals surface area contributed by atoms with Crippen molar-refractivity contribution in [1.29, 1.82) is 5.26 Å². The monoisotopic (exact) mass is 307 g/mol. The van der Waals surface area contributed by atoms with Crippen LogP contribution in [0.1, 0.15) is 40.2 Å². The minimum atomic E-state index is -0.185. The number of ether oxygens (including phenoxy) is 1. The molecular weight excluding hydrogens is 290 g/mol. The van der Waals surface area contributed by atoms with Crippen molar-refractivity contribution in [2.45, 2.75) is 18.8 Å². The second-order valence-electron chi connectivity index (χ2n) is 5.19. The molecule has 0 aliphatic carbocycles. The first-order valence-electron chi connectivity index (χ1n) is 7.29. The van der Waals surface area contributed by atoms with Gasteiger partial charge in [-0.15, -0.1) is 0 Å². The molecule has 0 heterocycles. The van der Waals surface area contributed by atoms with Crippen LogP contribution in [-0.2, 0) is 4.79 Å². The predicted octanol–water partition coefficient (Wildman–Crippen LogP) is 3.51. The number of aldehydes is 1. The molecule has 1 atom stereocenters. The molecule has 116 valence electrons. The van der Waals surface area contributed by atoms with E-state index in [1.807, 2.05) is 0 Å². The van der Waals surface area contributed by atoms with Crippen LogP contribution in [-0.4, -0.2) is 19.2 Å². The summed E-state index contributed by atoms with van der Waals surface area (Å²) in [5.74, 6) is 0.483. The Morgan fingerprint density at radius 2 is 1.83 bits per heavy atom. The van der Waals surface area contributed by atoms with Crippen molar-refractivity contribution in [1.82, 2.24) is 0 Å². The van der Waals surface area contributed by atoms with E-state index in [0.717, 1.165) is 11.8 Å². The Hall–Kier alpha value is -2.93. The molecule has 23 heavy (non-hydrogen) atoms. The zero-order chi connectivity index (χ0) is 16.7. The van der Waals surface area contributed by atoms with Gasteiger partial charge in [0.15, 0.2) is 5.78 Å². The topological polar surface area (TPSA) is 67.2 Å². The van der Waals surface area contributed by atoms with Gasteiger partial charge < -0.3 is 9.53 Å². The quantitative estimate of drug-likeness (QED) is 0.580. The first kappa shape index (κ1) is 16.4. The van der Waals surface area contributed by atoms with Gasteiger partial charge in [-0.1, -0.05) is 12.1 Å². The average molecular weight is 307 g/mol. The summed E-state index contributed by atoms with van der Waals surface area (Å²) in [7, 11) is 1.57. The number of methoxy groups -OCH3 is 1. The standard InChI is InChI=1S/C19H17NO3/c1-23-18-8-6-16(7-9-18)19(22)12-17(10-11-21)15-4-2-14(13-20)3-5-15/h2-9,11,17H,10,12H2,1H3/t17-/m1/s1. The second kappa shape index (κ2) is 7.90. The number of rotatable bonds is 7. The maximum absolute atomic E-state index is 12.4. The molecule has 0 aliphatic rings. The van der Waals surface area contributed by atoms with Gasteiger partial charge in [-0.05, 0) is 47.9 Å². The normalized spacial score (nSPS) is 11.3. The number of ketones is 1. The highest BCUT2D eigenvalue weighted by molar-refractivity contribution is 5.96. The lowest BCUT2D eigenvalue weighted by atomic mass is 9.89. The average Bonchev–Trinajstić information content (AvgIpc) is 2.61. The molecule has 4 nitrogen and oxygen atoms in total. The van der Waals surface area contributed by atoms with Gasteiger partial charge in [-0.3, -0.25) is 4.79 Å². The Morgan fingerprint density at radius 3 is 2.35 bits per heavy atom. The van der Waals surface area contributed by atoms with Gasteiger partial charge in [0, 0.05) is 18.4 Å². The van der Waals surface area contributed by atoms with Crippen molar-refractivity contribution in [3.8, 4) is 11.8 Å². The maximum atomic E-state index is 12.4. The highest BCUT2D eigenvalue weighted by Gasteiger charge is 2.17. The van der Waals surface area contributed by atoms with E-state index in [9.17, 15) is 9.59 Å². The fourth-order valence-corrected chi connectivity index (χ4v) is 2.40. The molecule has 2 rings (SSSR count). The lowest BCUT2D eigenvalue weighted by molar-refractivity contribution is -0.108. The van der Waals surface area contributed by atoms with E-state index < -0.39 is 0 Å². The Balaban J connectivity index is 2.15. The van der Waals surface area contributed by atoms with Gasteiger partial charge in [-0.2, -0.15) is 5.26 Å². The smallest absolute Gasteiger partial charge is 0.163 e. The zero-order valence-corrected chi connectivity index (χ0v) is 12.9. The lowest BCUT2D eigenvalue weighted by Crippen LogP contribution is -2.08. The number of benzene rings is 2. The molecule has 2 aromatic carbocycles. The van der Waals surface area contributed by atoms with Crippen LogP contribution in [0.3, 0.4) is 0 Å². The molecule has 0 saturated heterocycles. The van der Waals surface area contributed by atoms with Crippen LogP contribution in [0, 0.1) is 11.3 Å². The van der Waals surface area contributed by atoms with E-state index in [1.165, 1.54) is 0 Å². The number of hydrogen-bond donors (Lipinski definition) is 0. The van der Waals surface area contributed by atoms with Crippen molar-refractivity contribution >= 4 is 12.1 Å².